The number of hydrogen-bond acceptors (Lipinski definition) is 2. The fourth-order valence-corrected chi connectivity index (χ4v) is 2.83. The molecule has 0 amide bonds. The van der Waals surface area contributed by atoms with E-state index in [9.17, 15) is 9.59 Å². The molecule has 0 bridgehead atoms. The highest BCUT2D eigenvalue weighted by Crippen LogP contribution is 2.51. The van der Waals surface area contributed by atoms with Gasteiger partial charge in [-0.25, -0.2) is 0 Å². The van der Waals surface area contributed by atoms with Crippen molar-refractivity contribution in [3.8, 4) is 0 Å². The molecule has 0 aromatic heterocycles. The second-order valence-electron chi connectivity index (χ2n) is 5.24. The highest BCUT2D eigenvalue weighted by atomic mass is 16.4. The molecule has 0 aliphatic heterocycles. The molecular formula is C15H18O4. The zero-order chi connectivity index (χ0) is 14.0. The number of carboxylic acid groups (broad SMARTS) is 2. The van der Waals surface area contributed by atoms with E-state index in [0.717, 1.165) is 11.1 Å². The van der Waals surface area contributed by atoms with Crippen LogP contribution in [0, 0.1) is 18.8 Å². The van der Waals surface area contributed by atoms with Gasteiger partial charge >= 0.3 is 11.9 Å². The molecule has 4 heteroatoms. The molecule has 102 valence electrons. The minimum Gasteiger partial charge on any atom is -0.481 e. The monoisotopic (exact) mass is 262 g/mol. The zero-order valence-corrected chi connectivity index (χ0v) is 10.9. The summed E-state index contributed by atoms with van der Waals surface area (Å²) in [6.45, 7) is 1.99. The highest BCUT2D eigenvalue weighted by Gasteiger charge is 2.48. The van der Waals surface area contributed by atoms with Gasteiger partial charge in [0.2, 0.25) is 0 Å². The Labute approximate surface area is 112 Å². The van der Waals surface area contributed by atoms with Crippen LogP contribution in [0.2, 0.25) is 0 Å². The quantitative estimate of drug-likeness (QED) is 0.826. The van der Waals surface area contributed by atoms with Crippen LogP contribution < -0.4 is 0 Å². The maximum atomic E-state index is 11.0. The van der Waals surface area contributed by atoms with Crippen molar-refractivity contribution in [2.45, 2.75) is 32.1 Å². The van der Waals surface area contributed by atoms with Gasteiger partial charge in [-0.15, -0.1) is 0 Å². The second kappa shape index (κ2) is 5.43. The molecule has 0 radical (unpaired) electrons. The third kappa shape index (κ3) is 3.13. The Morgan fingerprint density at radius 2 is 2.00 bits per heavy atom. The van der Waals surface area contributed by atoms with Crippen LogP contribution in [0.5, 0.6) is 0 Å². The Morgan fingerprint density at radius 3 is 2.53 bits per heavy atom. The minimum absolute atomic E-state index is 0.0402. The SMILES string of the molecule is Cc1ccccc1C(CCC(=O)O)C1CC1C(=O)O. The summed E-state index contributed by atoms with van der Waals surface area (Å²) in [7, 11) is 0. The maximum Gasteiger partial charge on any atom is 0.306 e. The van der Waals surface area contributed by atoms with Crippen molar-refractivity contribution in [3.05, 3.63) is 35.4 Å². The fraction of sp³-hybridized carbons (Fsp3) is 0.467. The average molecular weight is 262 g/mol. The first kappa shape index (κ1) is 13.6. The molecule has 19 heavy (non-hydrogen) atoms. The van der Waals surface area contributed by atoms with Gasteiger partial charge in [-0.1, -0.05) is 24.3 Å². The molecule has 2 N–H and O–H groups in total. The average Bonchev–Trinajstić information content (AvgIpc) is 3.11. The van der Waals surface area contributed by atoms with E-state index in [0.29, 0.717) is 12.8 Å². The lowest BCUT2D eigenvalue weighted by Crippen LogP contribution is -2.10. The van der Waals surface area contributed by atoms with Gasteiger partial charge in [0.05, 0.1) is 5.92 Å². The molecular weight excluding hydrogens is 244 g/mol. The number of rotatable bonds is 6. The number of benzene rings is 1. The van der Waals surface area contributed by atoms with E-state index in [1.807, 2.05) is 31.2 Å². The smallest absolute Gasteiger partial charge is 0.306 e. The Balaban J connectivity index is 2.18. The van der Waals surface area contributed by atoms with Gasteiger partial charge in [-0.05, 0) is 42.7 Å². The first-order chi connectivity index (χ1) is 9.00. The van der Waals surface area contributed by atoms with Gasteiger partial charge in [0.1, 0.15) is 0 Å². The van der Waals surface area contributed by atoms with Crippen LogP contribution in [0.25, 0.3) is 0 Å². The van der Waals surface area contributed by atoms with Gasteiger partial charge in [0.25, 0.3) is 0 Å². The summed E-state index contributed by atoms with van der Waals surface area (Å²) in [6.07, 6.45) is 1.25. The Morgan fingerprint density at radius 1 is 1.32 bits per heavy atom. The van der Waals surface area contributed by atoms with Crippen molar-refractivity contribution in [2.24, 2.45) is 11.8 Å². The molecule has 1 saturated carbocycles. The summed E-state index contributed by atoms with van der Waals surface area (Å²) in [5.74, 6) is -1.78. The van der Waals surface area contributed by atoms with E-state index in [2.05, 4.69) is 0 Å². The van der Waals surface area contributed by atoms with E-state index >= 15 is 0 Å². The van der Waals surface area contributed by atoms with Gasteiger partial charge in [0, 0.05) is 6.42 Å². The number of aliphatic carboxylic acids is 2. The molecule has 3 unspecified atom stereocenters. The van der Waals surface area contributed by atoms with Crippen molar-refractivity contribution in [3.63, 3.8) is 0 Å². The third-order valence-electron chi connectivity index (χ3n) is 3.93. The van der Waals surface area contributed by atoms with E-state index in [1.165, 1.54) is 0 Å². The van der Waals surface area contributed by atoms with Crippen molar-refractivity contribution in [2.75, 3.05) is 0 Å². The lowest BCUT2D eigenvalue weighted by atomic mass is 9.86. The van der Waals surface area contributed by atoms with Crippen LogP contribution in [0.4, 0.5) is 0 Å². The normalized spacial score (nSPS) is 22.8. The summed E-state index contributed by atoms with van der Waals surface area (Å²) >= 11 is 0. The fourth-order valence-electron chi connectivity index (χ4n) is 2.83. The van der Waals surface area contributed by atoms with Crippen LogP contribution in [-0.4, -0.2) is 22.2 Å². The molecule has 1 aliphatic rings. The summed E-state index contributed by atoms with van der Waals surface area (Å²) in [5, 5.41) is 17.9. The van der Waals surface area contributed by atoms with Gasteiger partial charge in [-0.2, -0.15) is 0 Å². The van der Waals surface area contributed by atoms with Crippen LogP contribution in [0.1, 0.15) is 36.3 Å². The van der Waals surface area contributed by atoms with Crippen molar-refractivity contribution in [1.82, 2.24) is 0 Å². The number of carboxylic acids is 2. The van der Waals surface area contributed by atoms with Crippen LogP contribution in [0.15, 0.2) is 24.3 Å². The predicted octanol–water partition coefficient (Wildman–Crippen LogP) is 2.66. The molecule has 1 aromatic carbocycles. The minimum atomic E-state index is -0.828. The summed E-state index contributed by atoms with van der Waals surface area (Å²) in [6, 6.07) is 7.84. The van der Waals surface area contributed by atoms with Crippen molar-refractivity contribution in [1.29, 1.82) is 0 Å². The predicted molar refractivity (Wildman–Crippen MR) is 70.0 cm³/mol. The molecule has 1 aliphatic carbocycles. The van der Waals surface area contributed by atoms with Crippen LogP contribution >= 0.6 is 0 Å². The largest absolute Gasteiger partial charge is 0.481 e. The van der Waals surface area contributed by atoms with E-state index < -0.39 is 11.9 Å². The Kier molecular flexibility index (Phi) is 3.88. The van der Waals surface area contributed by atoms with Gasteiger partial charge in [0.15, 0.2) is 0 Å². The Bertz CT molecular complexity index is 495. The second-order valence-corrected chi connectivity index (χ2v) is 5.24. The number of aryl methyl sites for hydroxylation is 1. The molecule has 2 rings (SSSR count). The summed E-state index contributed by atoms with van der Waals surface area (Å²) in [5.41, 5.74) is 2.20. The summed E-state index contributed by atoms with van der Waals surface area (Å²) < 4.78 is 0. The van der Waals surface area contributed by atoms with Gasteiger partial charge < -0.3 is 10.2 Å². The van der Waals surface area contributed by atoms with Crippen LogP contribution in [0.3, 0.4) is 0 Å². The zero-order valence-electron chi connectivity index (χ0n) is 10.9. The molecule has 1 aromatic rings. The topological polar surface area (TPSA) is 74.6 Å². The molecule has 1 fully saturated rings. The maximum absolute atomic E-state index is 11.0. The van der Waals surface area contributed by atoms with Crippen LogP contribution in [-0.2, 0) is 9.59 Å². The lowest BCUT2D eigenvalue weighted by Gasteiger charge is -2.18. The first-order valence-electron chi connectivity index (χ1n) is 6.51. The van der Waals surface area contributed by atoms with Crippen molar-refractivity contribution < 1.29 is 19.8 Å². The van der Waals surface area contributed by atoms with E-state index in [1.54, 1.807) is 0 Å². The summed E-state index contributed by atoms with van der Waals surface area (Å²) in [4.78, 5) is 21.8. The van der Waals surface area contributed by atoms with Crippen molar-refractivity contribution >= 4 is 11.9 Å². The number of hydrogen-bond donors (Lipinski definition) is 2. The first-order valence-corrected chi connectivity index (χ1v) is 6.51. The lowest BCUT2D eigenvalue weighted by molar-refractivity contribution is -0.139. The Hall–Kier alpha value is -1.84. The molecule has 0 heterocycles. The van der Waals surface area contributed by atoms with Gasteiger partial charge in [-0.3, -0.25) is 9.59 Å². The third-order valence-corrected chi connectivity index (χ3v) is 3.93. The van der Waals surface area contributed by atoms with E-state index in [-0.39, 0.29) is 24.2 Å². The molecule has 0 spiro atoms. The van der Waals surface area contributed by atoms with E-state index in [4.69, 9.17) is 10.2 Å². The molecule has 3 atom stereocenters. The molecule has 4 nitrogen and oxygen atoms in total. The molecule has 0 saturated heterocycles. The highest BCUT2D eigenvalue weighted by molar-refractivity contribution is 5.74. The standard InChI is InChI=1S/C15H18O4/c1-9-4-2-3-5-10(9)11(6-7-14(16)17)12-8-13(12)15(18)19/h2-5,11-13H,6-8H2,1H3,(H,16,17)(H,18,19). The number of carbonyl (C=O) groups is 2.